The Balaban J connectivity index is 1.87. The van der Waals surface area contributed by atoms with Gasteiger partial charge in [-0.25, -0.2) is 4.79 Å². The molecule has 1 amide bonds. The van der Waals surface area contributed by atoms with Crippen molar-refractivity contribution in [1.29, 1.82) is 5.26 Å². The van der Waals surface area contributed by atoms with Crippen LogP contribution in [0, 0.1) is 21.4 Å². The number of benzene rings is 3. The van der Waals surface area contributed by atoms with Gasteiger partial charge in [0, 0.05) is 23.4 Å². The fraction of sp³-hybridized carbons (Fsp3) is 0.107. The van der Waals surface area contributed by atoms with Crippen molar-refractivity contribution in [3.63, 3.8) is 0 Å². The van der Waals surface area contributed by atoms with E-state index in [1.165, 1.54) is 49.6 Å². The molecule has 0 heterocycles. The molecule has 0 aromatic heterocycles. The summed E-state index contributed by atoms with van der Waals surface area (Å²) in [5, 5.41) is 32.1. The number of rotatable bonds is 11. The van der Waals surface area contributed by atoms with Gasteiger partial charge in [-0.05, 0) is 66.1 Å². The summed E-state index contributed by atoms with van der Waals surface area (Å²) in [7, 11) is 1.45. The van der Waals surface area contributed by atoms with E-state index in [1.54, 1.807) is 30.3 Å². The van der Waals surface area contributed by atoms with Gasteiger partial charge in [0.25, 0.3) is 11.6 Å². The van der Waals surface area contributed by atoms with Crippen molar-refractivity contribution in [3.05, 3.63) is 111 Å². The lowest BCUT2D eigenvalue weighted by molar-refractivity contribution is -0.384. The number of anilines is 1. The summed E-state index contributed by atoms with van der Waals surface area (Å²) in [4.78, 5) is 34.3. The molecule has 3 aromatic rings. The van der Waals surface area contributed by atoms with E-state index in [4.69, 9.17) is 14.6 Å². The predicted molar refractivity (Wildman–Crippen MR) is 140 cm³/mol. The van der Waals surface area contributed by atoms with E-state index in [0.717, 1.165) is 0 Å². The summed E-state index contributed by atoms with van der Waals surface area (Å²) in [6.07, 6.45) is 3.43. The first-order valence-corrected chi connectivity index (χ1v) is 11.2. The second kappa shape index (κ2) is 12.5. The van der Waals surface area contributed by atoms with Crippen LogP contribution in [-0.2, 0) is 17.8 Å². The fourth-order valence-electron chi connectivity index (χ4n) is 3.50. The maximum atomic E-state index is 12.7. The second-order valence-electron chi connectivity index (χ2n) is 7.93. The maximum Gasteiger partial charge on any atom is 0.335 e. The van der Waals surface area contributed by atoms with Gasteiger partial charge < -0.3 is 19.9 Å². The third kappa shape index (κ3) is 6.83. The normalized spacial score (nSPS) is 10.7. The Labute approximate surface area is 218 Å². The van der Waals surface area contributed by atoms with Crippen LogP contribution in [0.25, 0.3) is 6.08 Å². The number of amides is 1. The molecule has 0 unspecified atom stereocenters. The third-order valence-electron chi connectivity index (χ3n) is 5.31. The summed E-state index contributed by atoms with van der Waals surface area (Å²) >= 11 is 0. The van der Waals surface area contributed by atoms with Gasteiger partial charge in [-0.1, -0.05) is 12.1 Å². The van der Waals surface area contributed by atoms with E-state index >= 15 is 0 Å². The molecular formula is C28H23N3O7. The third-order valence-corrected chi connectivity index (χ3v) is 5.31. The Kier molecular flexibility index (Phi) is 8.94. The number of aromatic carboxylic acids is 1. The minimum Gasteiger partial charge on any atom is -0.493 e. The lowest BCUT2D eigenvalue weighted by Gasteiger charge is -2.16. The minimum absolute atomic E-state index is 0.00611. The molecule has 38 heavy (non-hydrogen) atoms. The second-order valence-corrected chi connectivity index (χ2v) is 7.93. The molecule has 0 saturated carbocycles. The highest BCUT2D eigenvalue weighted by molar-refractivity contribution is 6.10. The van der Waals surface area contributed by atoms with Crippen LogP contribution in [0.2, 0.25) is 0 Å². The van der Waals surface area contributed by atoms with Crippen molar-refractivity contribution in [3.8, 4) is 17.6 Å². The Morgan fingerprint density at radius 1 is 1.18 bits per heavy atom. The number of hydrogen-bond acceptors (Lipinski definition) is 7. The van der Waals surface area contributed by atoms with Gasteiger partial charge in [0.15, 0.2) is 11.5 Å². The molecule has 3 rings (SSSR count). The highest BCUT2D eigenvalue weighted by atomic mass is 16.6. The average molecular weight is 514 g/mol. The van der Waals surface area contributed by atoms with E-state index in [9.17, 15) is 25.0 Å². The molecule has 10 heteroatoms. The van der Waals surface area contributed by atoms with Gasteiger partial charge in [0.1, 0.15) is 18.2 Å². The number of nitro benzene ring substituents is 1. The number of carboxylic acids is 1. The van der Waals surface area contributed by atoms with E-state index in [-0.39, 0.29) is 29.1 Å². The monoisotopic (exact) mass is 513 g/mol. The molecule has 2 N–H and O–H groups in total. The summed E-state index contributed by atoms with van der Waals surface area (Å²) in [6.45, 7) is 3.88. The summed E-state index contributed by atoms with van der Waals surface area (Å²) in [5.74, 6) is -1.08. The van der Waals surface area contributed by atoms with Crippen molar-refractivity contribution < 1.29 is 29.1 Å². The summed E-state index contributed by atoms with van der Waals surface area (Å²) in [5.41, 5.74) is 1.87. The average Bonchev–Trinajstić information content (AvgIpc) is 2.91. The topological polar surface area (TPSA) is 152 Å². The van der Waals surface area contributed by atoms with Crippen LogP contribution in [0.5, 0.6) is 11.5 Å². The van der Waals surface area contributed by atoms with Crippen molar-refractivity contribution in [2.45, 2.75) is 13.0 Å². The Morgan fingerprint density at radius 3 is 2.53 bits per heavy atom. The van der Waals surface area contributed by atoms with Crippen LogP contribution < -0.4 is 14.8 Å². The molecule has 192 valence electrons. The number of carboxylic acid groups (broad SMARTS) is 1. The summed E-state index contributed by atoms with van der Waals surface area (Å²) in [6, 6.07) is 16.8. The van der Waals surface area contributed by atoms with Crippen LogP contribution >= 0.6 is 0 Å². The molecule has 0 bridgehead atoms. The molecule has 0 saturated heterocycles. The number of nitriles is 1. The van der Waals surface area contributed by atoms with Crippen LogP contribution in [-0.4, -0.2) is 29.0 Å². The number of methoxy groups -OCH3 is 1. The highest BCUT2D eigenvalue weighted by Crippen LogP contribution is 2.35. The molecule has 3 aromatic carbocycles. The Morgan fingerprint density at radius 2 is 1.92 bits per heavy atom. The van der Waals surface area contributed by atoms with Gasteiger partial charge in [0.2, 0.25) is 0 Å². The first-order valence-electron chi connectivity index (χ1n) is 11.2. The van der Waals surface area contributed by atoms with Crippen molar-refractivity contribution >= 4 is 29.3 Å². The number of allylic oxidation sites excluding steroid dienone is 1. The van der Waals surface area contributed by atoms with Crippen molar-refractivity contribution in [1.82, 2.24) is 0 Å². The van der Waals surface area contributed by atoms with Crippen molar-refractivity contribution in [2.24, 2.45) is 0 Å². The predicted octanol–water partition coefficient (Wildman–Crippen LogP) is 5.15. The van der Waals surface area contributed by atoms with Gasteiger partial charge in [0.05, 0.1) is 17.6 Å². The zero-order valence-electron chi connectivity index (χ0n) is 20.3. The molecule has 0 aliphatic rings. The van der Waals surface area contributed by atoms with Gasteiger partial charge in [-0.2, -0.15) is 5.26 Å². The Hall–Kier alpha value is -5.43. The lowest BCUT2D eigenvalue weighted by atomic mass is 10.0. The molecular weight excluding hydrogens is 490 g/mol. The van der Waals surface area contributed by atoms with E-state index < -0.39 is 16.8 Å². The van der Waals surface area contributed by atoms with Crippen LogP contribution in [0.3, 0.4) is 0 Å². The molecule has 0 fully saturated rings. The van der Waals surface area contributed by atoms with E-state index in [1.807, 2.05) is 6.07 Å². The molecule has 0 aliphatic heterocycles. The molecule has 10 nitrogen and oxygen atoms in total. The van der Waals surface area contributed by atoms with Crippen LogP contribution in [0.15, 0.2) is 78.9 Å². The molecule has 0 radical (unpaired) electrons. The number of carbonyl (C=O) groups excluding carboxylic acids is 1. The minimum atomic E-state index is -1.14. The molecule has 0 atom stereocenters. The van der Waals surface area contributed by atoms with Crippen LogP contribution in [0.1, 0.15) is 27.0 Å². The zero-order chi connectivity index (χ0) is 27.7. The number of ether oxygens (including phenoxy) is 2. The number of nitrogens with zero attached hydrogens (tertiary/aromatic N) is 2. The molecule has 0 spiro atoms. The standard InChI is InChI=1S/C28H23N3O7/c1-3-5-20-12-19(13-22(16-29)27(32)30-23-7-4-6-21(15-23)28(33)34)14-25(37-2)26(20)38-17-18-8-10-24(11-9-18)31(35)36/h3-4,6-15H,1,5,17H2,2H3,(H,30,32)(H,33,34)/b22-13-. The maximum absolute atomic E-state index is 12.7. The van der Waals surface area contributed by atoms with Gasteiger partial charge >= 0.3 is 5.97 Å². The van der Waals surface area contributed by atoms with Crippen LogP contribution in [0.4, 0.5) is 11.4 Å². The van der Waals surface area contributed by atoms with E-state index in [2.05, 4.69) is 11.9 Å². The first kappa shape index (κ1) is 27.2. The highest BCUT2D eigenvalue weighted by Gasteiger charge is 2.16. The lowest BCUT2D eigenvalue weighted by Crippen LogP contribution is -2.14. The largest absolute Gasteiger partial charge is 0.493 e. The van der Waals surface area contributed by atoms with Gasteiger partial charge in [-0.3, -0.25) is 14.9 Å². The number of nitro groups is 1. The number of nitrogens with one attached hydrogen (secondary N) is 1. The smallest absolute Gasteiger partial charge is 0.335 e. The number of non-ortho nitro benzene ring substituents is 1. The van der Waals surface area contributed by atoms with Gasteiger partial charge in [-0.15, -0.1) is 6.58 Å². The first-order chi connectivity index (χ1) is 18.2. The Bertz CT molecular complexity index is 1450. The molecule has 0 aliphatic carbocycles. The zero-order valence-corrected chi connectivity index (χ0v) is 20.3. The quantitative estimate of drug-likeness (QED) is 0.117. The van der Waals surface area contributed by atoms with E-state index in [0.29, 0.717) is 34.6 Å². The SMILES string of the molecule is C=CCc1cc(/C=C(/C#N)C(=O)Nc2cccc(C(=O)O)c2)cc(OC)c1OCc1ccc([N+](=O)[O-])cc1. The number of carbonyl (C=O) groups is 2. The number of hydrogen-bond donors (Lipinski definition) is 2. The fourth-order valence-corrected chi connectivity index (χ4v) is 3.50. The summed E-state index contributed by atoms with van der Waals surface area (Å²) < 4.78 is 11.5. The van der Waals surface area contributed by atoms with Crippen molar-refractivity contribution in [2.75, 3.05) is 12.4 Å².